The third-order valence-electron chi connectivity index (χ3n) is 3.17. The molecule has 2 aliphatic heterocycles. The summed E-state index contributed by atoms with van der Waals surface area (Å²) in [7, 11) is 0. The summed E-state index contributed by atoms with van der Waals surface area (Å²) in [6.45, 7) is 3.42. The molecule has 4 nitrogen and oxygen atoms in total. The van der Waals surface area contributed by atoms with E-state index >= 15 is 0 Å². The molecular weight excluding hydrogens is 224 g/mol. The third kappa shape index (κ3) is 3.12. The summed E-state index contributed by atoms with van der Waals surface area (Å²) in [6.07, 6.45) is 2.17. The monoisotopic (exact) mass is 244 g/mol. The minimum Gasteiger partial charge on any atom is -0.375 e. The van der Waals surface area contributed by atoms with Gasteiger partial charge in [0.25, 0.3) is 0 Å². The molecule has 0 radical (unpaired) electrons. The van der Waals surface area contributed by atoms with Gasteiger partial charge in [-0.3, -0.25) is 4.79 Å². The van der Waals surface area contributed by atoms with Gasteiger partial charge < -0.3 is 15.4 Å². The smallest absolute Gasteiger partial charge is 0.240 e. The van der Waals surface area contributed by atoms with E-state index in [1.807, 2.05) is 18.7 Å². The fourth-order valence-corrected chi connectivity index (χ4v) is 3.27. The number of rotatable bonds is 2. The Morgan fingerprint density at radius 3 is 2.88 bits per heavy atom. The highest BCUT2D eigenvalue weighted by Gasteiger charge is 2.29. The second-order valence-corrected chi connectivity index (χ2v) is 5.63. The van der Waals surface area contributed by atoms with E-state index in [-0.39, 0.29) is 18.1 Å². The van der Waals surface area contributed by atoms with Crippen molar-refractivity contribution >= 4 is 17.7 Å². The number of morpholine rings is 1. The van der Waals surface area contributed by atoms with Gasteiger partial charge in [-0.05, 0) is 31.3 Å². The Morgan fingerprint density at radius 1 is 1.44 bits per heavy atom. The molecule has 92 valence electrons. The Morgan fingerprint density at radius 2 is 2.19 bits per heavy atom. The maximum Gasteiger partial charge on any atom is 0.240 e. The van der Waals surface area contributed by atoms with Crippen LogP contribution in [0.1, 0.15) is 19.8 Å². The quantitative estimate of drug-likeness (QED) is 0.737. The first-order valence-corrected chi connectivity index (χ1v) is 7.16. The number of hydrogen-bond acceptors (Lipinski definition) is 4. The van der Waals surface area contributed by atoms with E-state index in [0.717, 1.165) is 30.9 Å². The molecule has 0 saturated carbocycles. The maximum atomic E-state index is 12.0. The summed E-state index contributed by atoms with van der Waals surface area (Å²) in [5.41, 5.74) is 0. The summed E-state index contributed by atoms with van der Waals surface area (Å²) >= 11 is 1.97. The molecule has 0 aliphatic carbocycles. The maximum absolute atomic E-state index is 12.0. The fourth-order valence-electron chi connectivity index (χ4n) is 2.16. The van der Waals surface area contributed by atoms with Crippen molar-refractivity contribution in [3.8, 4) is 0 Å². The molecule has 0 aromatic carbocycles. The Hall–Kier alpha value is -0.260. The van der Waals surface area contributed by atoms with Crippen LogP contribution < -0.4 is 10.6 Å². The Bertz CT molecular complexity index is 244. The first kappa shape index (κ1) is 12.2. The van der Waals surface area contributed by atoms with Crippen molar-refractivity contribution in [2.24, 2.45) is 0 Å². The Balaban J connectivity index is 1.81. The van der Waals surface area contributed by atoms with Crippen molar-refractivity contribution in [2.45, 2.75) is 38.0 Å². The van der Waals surface area contributed by atoms with E-state index in [9.17, 15) is 4.79 Å². The highest BCUT2D eigenvalue weighted by molar-refractivity contribution is 7.99. The Labute approximate surface area is 101 Å². The lowest BCUT2D eigenvalue weighted by Crippen LogP contribution is -2.57. The zero-order valence-corrected chi connectivity index (χ0v) is 10.5. The lowest BCUT2D eigenvalue weighted by atomic mass is 10.1. The number of amides is 1. The van der Waals surface area contributed by atoms with Crippen molar-refractivity contribution in [3.63, 3.8) is 0 Å². The zero-order chi connectivity index (χ0) is 11.4. The number of ether oxygens (including phenoxy) is 1. The number of nitrogens with one attached hydrogen (secondary N) is 2. The topological polar surface area (TPSA) is 50.4 Å². The summed E-state index contributed by atoms with van der Waals surface area (Å²) in [4.78, 5) is 12.0. The SMILES string of the molecule is C[C@H]1OCCN[C@@H]1C(=O)NC1CCSCC1. The van der Waals surface area contributed by atoms with Gasteiger partial charge in [-0.25, -0.2) is 0 Å². The predicted molar refractivity (Wildman–Crippen MR) is 65.7 cm³/mol. The van der Waals surface area contributed by atoms with Gasteiger partial charge in [0.05, 0.1) is 12.7 Å². The molecule has 0 unspecified atom stereocenters. The van der Waals surface area contributed by atoms with Crippen molar-refractivity contribution in [1.82, 2.24) is 10.6 Å². The molecule has 16 heavy (non-hydrogen) atoms. The average Bonchev–Trinajstić information content (AvgIpc) is 2.31. The molecule has 2 fully saturated rings. The van der Waals surface area contributed by atoms with Crippen molar-refractivity contribution in [2.75, 3.05) is 24.7 Å². The lowest BCUT2D eigenvalue weighted by molar-refractivity contribution is -0.129. The van der Waals surface area contributed by atoms with Gasteiger partial charge in [0, 0.05) is 12.6 Å². The van der Waals surface area contributed by atoms with E-state index < -0.39 is 0 Å². The Kier molecular flexibility index (Phi) is 4.49. The van der Waals surface area contributed by atoms with Crippen LogP contribution in [-0.4, -0.2) is 48.8 Å². The summed E-state index contributed by atoms with van der Waals surface area (Å²) in [5.74, 6) is 2.42. The van der Waals surface area contributed by atoms with E-state index in [2.05, 4.69) is 10.6 Å². The molecule has 2 saturated heterocycles. The second kappa shape index (κ2) is 5.89. The van der Waals surface area contributed by atoms with Gasteiger partial charge in [0.15, 0.2) is 0 Å². The summed E-state index contributed by atoms with van der Waals surface area (Å²) in [5, 5.41) is 6.34. The average molecular weight is 244 g/mol. The van der Waals surface area contributed by atoms with Crippen molar-refractivity contribution < 1.29 is 9.53 Å². The van der Waals surface area contributed by atoms with Gasteiger partial charge >= 0.3 is 0 Å². The number of carbonyl (C=O) groups is 1. The summed E-state index contributed by atoms with van der Waals surface area (Å²) < 4.78 is 5.47. The predicted octanol–water partition coefficient (Wildman–Crippen LogP) is 0.375. The van der Waals surface area contributed by atoms with Crippen molar-refractivity contribution in [3.05, 3.63) is 0 Å². The molecule has 2 heterocycles. The highest BCUT2D eigenvalue weighted by Crippen LogP contribution is 2.17. The first-order valence-electron chi connectivity index (χ1n) is 6.00. The lowest BCUT2D eigenvalue weighted by Gasteiger charge is -2.31. The van der Waals surface area contributed by atoms with Gasteiger partial charge in [-0.15, -0.1) is 0 Å². The van der Waals surface area contributed by atoms with Crippen LogP contribution in [0.25, 0.3) is 0 Å². The highest BCUT2D eigenvalue weighted by atomic mass is 32.2. The molecular formula is C11H20N2O2S. The fraction of sp³-hybridized carbons (Fsp3) is 0.909. The van der Waals surface area contributed by atoms with Crippen LogP contribution in [0.4, 0.5) is 0 Å². The van der Waals surface area contributed by atoms with Crippen LogP contribution in [0.2, 0.25) is 0 Å². The van der Waals surface area contributed by atoms with Crippen LogP contribution in [-0.2, 0) is 9.53 Å². The summed E-state index contributed by atoms with van der Waals surface area (Å²) in [6, 6.07) is 0.188. The molecule has 0 aromatic heterocycles. The molecule has 0 aromatic rings. The molecule has 2 rings (SSSR count). The minimum atomic E-state index is -0.177. The van der Waals surface area contributed by atoms with E-state index in [4.69, 9.17) is 4.74 Å². The largest absolute Gasteiger partial charge is 0.375 e. The zero-order valence-electron chi connectivity index (χ0n) is 9.70. The first-order chi connectivity index (χ1) is 7.77. The normalized spacial score (nSPS) is 32.3. The van der Waals surface area contributed by atoms with Crippen LogP contribution >= 0.6 is 11.8 Å². The van der Waals surface area contributed by atoms with Crippen LogP contribution in [0, 0.1) is 0 Å². The van der Waals surface area contributed by atoms with Gasteiger partial charge in [-0.2, -0.15) is 11.8 Å². The van der Waals surface area contributed by atoms with E-state index in [1.54, 1.807) is 0 Å². The van der Waals surface area contributed by atoms with E-state index in [0.29, 0.717) is 12.6 Å². The number of carbonyl (C=O) groups excluding carboxylic acids is 1. The molecule has 1 amide bonds. The van der Waals surface area contributed by atoms with Crippen LogP contribution in [0.5, 0.6) is 0 Å². The van der Waals surface area contributed by atoms with Gasteiger partial charge in [0.2, 0.25) is 5.91 Å². The van der Waals surface area contributed by atoms with E-state index in [1.165, 1.54) is 0 Å². The molecule has 0 spiro atoms. The van der Waals surface area contributed by atoms with Crippen LogP contribution in [0.15, 0.2) is 0 Å². The molecule has 0 bridgehead atoms. The minimum absolute atomic E-state index is 0.0216. The molecule has 2 N–H and O–H groups in total. The number of thioether (sulfide) groups is 1. The van der Waals surface area contributed by atoms with Gasteiger partial charge in [-0.1, -0.05) is 0 Å². The second-order valence-electron chi connectivity index (χ2n) is 4.40. The van der Waals surface area contributed by atoms with Crippen LogP contribution in [0.3, 0.4) is 0 Å². The standard InChI is InChI=1S/C11H20N2O2S/c1-8-10(12-4-5-15-8)11(14)13-9-2-6-16-7-3-9/h8-10,12H,2-7H2,1H3,(H,13,14)/t8-,10+/m1/s1. The van der Waals surface area contributed by atoms with Crippen molar-refractivity contribution in [1.29, 1.82) is 0 Å². The third-order valence-corrected chi connectivity index (χ3v) is 4.22. The molecule has 2 atom stereocenters. The molecule has 2 aliphatic rings. The number of hydrogen-bond donors (Lipinski definition) is 2. The molecule has 5 heteroatoms. The van der Waals surface area contributed by atoms with Gasteiger partial charge in [0.1, 0.15) is 6.04 Å².